The molecule has 1 atom stereocenters. The number of piperidine rings is 1. The third kappa shape index (κ3) is 5.82. The molecule has 0 aliphatic carbocycles. The van der Waals surface area contributed by atoms with Crippen LogP contribution in [-0.4, -0.2) is 70.8 Å². The third-order valence-electron chi connectivity index (χ3n) is 6.46. The molecular formula is C25H32N2O6S. The molecule has 2 aromatic carbocycles. The molecule has 1 saturated heterocycles. The first-order valence-electron chi connectivity index (χ1n) is 11.5. The molecule has 4 rings (SSSR count). The summed E-state index contributed by atoms with van der Waals surface area (Å²) in [6, 6.07) is 10.9. The Labute approximate surface area is 201 Å². The van der Waals surface area contributed by atoms with Crippen LogP contribution >= 0.6 is 0 Å². The molecule has 1 fully saturated rings. The highest BCUT2D eigenvalue weighted by Crippen LogP contribution is 2.35. The molecule has 0 aromatic heterocycles. The van der Waals surface area contributed by atoms with Gasteiger partial charge in [0.1, 0.15) is 5.75 Å². The van der Waals surface area contributed by atoms with Crippen LogP contribution in [0.1, 0.15) is 34.3 Å². The highest BCUT2D eigenvalue weighted by Gasteiger charge is 2.32. The van der Waals surface area contributed by atoms with Crippen LogP contribution in [0.15, 0.2) is 36.4 Å². The van der Waals surface area contributed by atoms with Crippen molar-refractivity contribution in [1.82, 2.24) is 9.80 Å². The van der Waals surface area contributed by atoms with Crippen LogP contribution < -0.4 is 13.7 Å². The molecule has 9 heteroatoms. The van der Waals surface area contributed by atoms with Gasteiger partial charge >= 0.3 is 10.1 Å². The monoisotopic (exact) mass is 488 g/mol. The summed E-state index contributed by atoms with van der Waals surface area (Å²) < 4.78 is 38.2. The number of nitrogens with zero attached hydrogens (tertiary/aromatic N) is 2. The van der Waals surface area contributed by atoms with Gasteiger partial charge in [-0.15, -0.1) is 0 Å². The van der Waals surface area contributed by atoms with E-state index in [9.17, 15) is 13.2 Å². The number of fused-ring (bicyclic) bond motifs is 1. The lowest BCUT2D eigenvalue weighted by Crippen LogP contribution is -2.41. The Balaban J connectivity index is 1.31. The maximum absolute atomic E-state index is 13.0. The zero-order valence-corrected chi connectivity index (χ0v) is 20.8. The Morgan fingerprint density at radius 3 is 2.44 bits per heavy atom. The van der Waals surface area contributed by atoms with Gasteiger partial charge in [-0.25, -0.2) is 0 Å². The highest BCUT2D eigenvalue weighted by atomic mass is 32.2. The first-order valence-corrected chi connectivity index (χ1v) is 13.3. The van der Waals surface area contributed by atoms with Gasteiger partial charge in [-0.3, -0.25) is 4.79 Å². The van der Waals surface area contributed by atoms with E-state index in [4.69, 9.17) is 13.7 Å². The maximum Gasteiger partial charge on any atom is 0.306 e. The van der Waals surface area contributed by atoms with Crippen LogP contribution in [-0.2, 0) is 23.1 Å². The average molecular weight is 489 g/mol. The fourth-order valence-electron chi connectivity index (χ4n) is 4.83. The van der Waals surface area contributed by atoms with Crippen molar-refractivity contribution >= 4 is 16.0 Å². The van der Waals surface area contributed by atoms with Crippen molar-refractivity contribution in [2.24, 2.45) is 5.92 Å². The van der Waals surface area contributed by atoms with E-state index in [1.165, 1.54) is 0 Å². The van der Waals surface area contributed by atoms with Crippen molar-refractivity contribution in [3.8, 4) is 17.2 Å². The summed E-state index contributed by atoms with van der Waals surface area (Å²) in [5.41, 5.74) is 2.82. The number of likely N-dealkylation sites (tertiary alicyclic amines) is 1. The molecule has 0 saturated carbocycles. The normalized spacial score (nSPS) is 18.6. The summed E-state index contributed by atoms with van der Waals surface area (Å²) in [7, 11) is -0.329. The van der Waals surface area contributed by atoms with E-state index in [0.717, 1.165) is 62.8 Å². The number of methoxy groups -OCH3 is 2. The maximum atomic E-state index is 13.0. The molecule has 2 aliphatic heterocycles. The first kappa shape index (κ1) is 24.3. The molecule has 184 valence electrons. The van der Waals surface area contributed by atoms with Crippen molar-refractivity contribution in [3.05, 3.63) is 53.1 Å². The van der Waals surface area contributed by atoms with Gasteiger partial charge in [0, 0.05) is 31.7 Å². The van der Waals surface area contributed by atoms with E-state index >= 15 is 0 Å². The number of hydrogen-bond donors (Lipinski definition) is 0. The van der Waals surface area contributed by atoms with Gasteiger partial charge in [-0.05, 0) is 67.1 Å². The minimum absolute atomic E-state index is 0.0597. The van der Waals surface area contributed by atoms with E-state index in [1.807, 2.05) is 23.1 Å². The van der Waals surface area contributed by atoms with Crippen molar-refractivity contribution in [1.29, 1.82) is 0 Å². The van der Waals surface area contributed by atoms with Crippen molar-refractivity contribution in [2.45, 2.75) is 25.8 Å². The number of benzene rings is 2. The second kappa shape index (κ2) is 10.2. The number of hydrogen-bond acceptors (Lipinski definition) is 7. The van der Waals surface area contributed by atoms with Crippen LogP contribution in [0.2, 0.25) is 0 Å². The largest absolute Gasteiger partial charge is 0.493 e. The van der Waals surface area contributed by atoms with Gasteiger partial charge in [-0.2, -0.15) is 8.42 Å². The third-order valence-corrected chi connectivity index (χ3v) is 6.95. The van der Waals surface area contributed by atoms with E-state index in [1.54, 1.807) is 32.4 Å². The smallest absolute Gasteiger partial charge is 0.306 e. The van der Waals surface area contributed by atoms with E-state index in [-0.39, 0.29) is 5.91 Å². The fourth-order valence-corrected chi connectivity index (χ4v) is 5.30. The Kier molecular flexibility index (Phi) is 7.33. The van der Waals surface area contributed by atoms with Gasteiger partial charge in [0.15, 0.2) is 11.5 Å². The van der Waals surface area contributed by atoms with Gasteiger partial charge in [0.2, 0.25) is 0 Å². The van der Waals surface area contributed by atoms with Gasteiger partial charge in [-0.1, -0.05) is 12.1 Å². The Morgan fingerprint density at radius 2 is 1.76 bits per heavy atom. The molecule has 0 radical (unpaired) electrons. The second-order valence-corrected chi connectivity index (χ2v) is 10.6. The Bertz CT molecular complexity index is 1130. The molecule has 0 spiro atoms. The molecule has 2 aromatic rings. The lowest BCUT2D eigenvalue weighted by molar-refractivity contribution is 0.0703. The Morgan fingerprint density at radius 1 is 1.06 bits per heavy atom. The summed E-state index contributed by atoms with van der Waals surface area (Å²) in [6.45, 7) is 4.28. The fraction of sp³-hybridized carbons (Fsp3) is 0.480. The summed E-state index contributed by atoms with van der Waals surface area (Å²) in [5, 5.41) is 0. The topological polar surface area (TPSA) is 85.4 Å². The van der Waals surface area contributed by atoms with Crippen LogP contribution in [0, 0.1) is 5.92 Å². The molecule has 0 N–H and O–H groups in total. The number of amides is 1. The molecule has 1 unspecified atom stereocenters. The van der Waals surface area contributed by atoms with Crippen molar-refractivity contribution in [3.63, 3.8) is 0 Å². The second-order valence-electron chi connectivity index (χ2n) is 9.04. The molecule has 2 aliphatic rings. The SMILES string of the molecule is COc1cc2c(cc1OC)C(=O)N(CC1CCCN(CCc3ccc(OS(C)(=O)=O)cc3)C1)C2. The predicted molar refractivity (Wildman–Crippen MR) is 129 cm³/mol. The number of carbonyl (C=O) groups is 1. The lowest BCUT2D eigenvalue weighted by atomic mass is 9.97. The van der Waals surface area contributed by atoms with E-state index in [0.29, 0.717) is 35.3 Å². The van der Waals surface area contributed by atoms with Crippen LogP contribution in [0.3, 0.4) is 0 Å². The van der Waals surface area contributed by atoms with Gasteiger partial charge in [0.05, 0.1) is 20.5 Å². The van der Waals surface area contributed by atoms with Gasteiger partial charge in [0.25, 0.3) is 5.91 Å². The average Bonchev–Trinajstić information content (AvgIpc) is 3.11. The predicted octanol–water partition coefficient (Wildman–Crippen LogP) is 2.95. The number of ether oxygens (including phenoxy) is 2. The standard InChI is InChI=1S/C25H32N2O6S/c1-31-23-13-20-17-27(25(28)22(20)14-24(23)32-2)16-19-5-4-11-26(15-19)12-10-18-6-8-21(9-7-18)33-34(3,29)30/h6-9,13-14,19H,4-5,10-12,15-17H2,1-3H3. The quantitative estimate of drug-likeness (QED) is 0.502. The molecule has 8 nitrogen and oxygen atoms in total. The first-order chi connectivity index (χ1) is 16.3. The summed E-state index contributed by atoms with van der Waals surface area (Å²) in [6.07, 6.45) is 4.14. The number of carbonyl (C=O) groups excluding carboxylic acids is 1. The zero-order chi connectivity index (χ0) is 24.3. The Hall–Kier alpha value is -2.78. The van der Waals surface area contributed by atoms with Crippen LogP contribution in [0.5, 0.6) is 17.2 Å². The molecular weight excluding hydrogens is 456 g/mol. The van der Waals surface area contributed by atoms with Crippen LogP contribution in [0.25, 0.3) is 0 Å². The molecule has 0 bridgehead atoms. The van der Waals surface area contributed by atoms with Crippen molar-refractivity contribution < 1.29 is 26.9 Å². The molecule has 1 amide bonds. The van der Waals surface area contributed by atoms with Gasteiger partial charge < -0.3 is 23.5 Å². The minimum atomic E-state index is -3.51. The van der Waals surface area contributed by atoms with E-state index in [2.05, 4.69) is 4.90 Å². The highest BCUT2D eigenvalue weighted by molar-refractivity contribution is 7.86. The zero-order valence-electron chi connectivity index (χ0n) is 20.0. The molecule has 34 heavy (non-hydrogen) atoms. The summed E-state index contributed by atoms with van der Waals surface area (Å²) in [5.74, 6) is 2.05. The van der Waals surface area contributed by atoms with E-state index < -0.39 is 10.1 Å². The van der Waals surface area contributed by atoms with Crippen molar-refractivity contribution in [2.75, 3.05) is 46.7 Å². The minimum Gasteiger partial charge on any atom is -0.493 e. The summed E-state index contributed by atoms with van der Waals surface area (Å²) >= 11 is 0. The molecule has 2 heterocycles. The summed E-state index contributed by atoms with van der Waals surface area (Å²) in [4.78, 5) is 17.4. The lowest BCUT2D eigenvalue weighted by Gasteiger charge is -2.34. The number of rotatable bonds is 9. The van der Waals surface area contributed by atoms with Crippen LogP contribution in [0.4, 0.5) is 0 Å².